The zero-order valence-electron chi connectivity index (χ0n) is 15.2. The smallest absolute Gasteiger partial charge is 0.240 e. The summed E-state index contributed by atoms with van der Waals surface area (Å²) in [6.45, 7) is 4.18. The van der Waals surface area contributed by atoms with Crippen molar-refractivity contribution in [1.29, 1.82) is 0 Å². The van der Waals surface area contributed by atoms with Gasteiger partial charge in [0.15, 0.2) is 0 Å². The standard InChI is InChI=1S/C20H32N2O2/c1-3-5-6-7-8-9-10-11-16-20(24)22-21-18(4-2)17-14-12-13-15-19(17)23/h12-15,23H,3-11,16H2,1-2H3,(H,22,24). The van der Waals surface area contributed by atoms with Crippen LogP contribution in [0, 0.1) is 0 Å². The van der Waals surface area contributed by atoms with Crippen LogP contribution in [0.1, 0.15) is 83.6 Å². The van der Waals surface area contributed by atoms with Crippen molar-refractivity contribution in [2.45, 2.75) is 78.1 Å². The number of benzene rings is 1. The van der Waals surface area contributed by atoms with E-state index in [4.69, 9.17) is 0 Å². The number of hydrogen-bond donors (Lipinski definition) is 2. The summed E-state index contributed by atoms with van der Waals surface area (Å²) in [4.78, 5) is 11.9. The van der Waals surface area contributed by atoms with Gasteiger partial charge in [-0.1, -0.05) is 70.9 Å². The third-order valence-electron chi connectivity index (χ3n) is 4.12. The van der Waals surface area contributed by atoms with Crippen LogP contribution < -0.4 is 5.43 Å². The molecule has 0 aliphatic rings. The van der Waals surface area contributed by atoms with Crippen molar-refractivity contribution in [2.24, 2.45) is 5.10 Å². The van der Waals surface area contributed by atoms with E-state index in [0.29, 0.717) is 24.1 Å². The molecule has 0 saturated carbocycles. The molecule has 0 unspecified atom stereocenters. The first kappa shape index (κ1) is 20.2. The third kappa shape index (κ3) is 8.14. The van der Waals surface area contributed by atoms with Gasteiger partial charge in [-0.15, -0.1) is 0 Å². The van der Waals surface area contributed by atoms with Crippen LogP contribution in [0.4, 0.5) is 0 Å². The average Bonchev–Trinajstić information content (AvgIpc) is 2.59. The van der Waals surface area contributed by atoms with E-state index in [1.807, 2.05) is 19.1 Å². The quantitative estimate of drug-likeness (QED) is 0.316. The summed E-state index contributed by atoms with van der Waals surface area (Å²) in [5.74, 6) is 0.137. The molecule has 0 aromatic heterocycles. The monoisotopic (exact) mass is 332 g/mol. The van der Waals surface area contributed by atoms with E-state index in [1.54, 1.807) is 12.1 Å². The number of carbonyl (C=O) groups is 1. The second-order valence-corrected chi connectivity index (χ2v) is 6.19. The maximum atomic E-state index is 11.9. The Bertz CT molecular complexity index is 512. The van der Waals surface area contributed by atoms with Gasteiger partial charge in [0, 0.05) is 12.0 Å². The van der Waals surface area contributed by atoms with E-state index in [2.05, 4.69) is 17.5 Å². The van der Waals surface area contributed by atoms with E-state index in [0.717, 1.165) is 12.8 Å². The topological polar surface area (TPSA) is 61.7 Å². The summed E-state index contributed by atoms with van der Waals surface area (Å²) >= 11 is 0. The van der Waals surface area contributed by atoms with Crippen LogP contribution in [0.25, 0.3) is 0 Å². The number of aromatic hydroxyl groups is 1. The van der Waals surface area contributed by atoms with Gasteiger partial charge < -0.3 is 5.11 Å². The largest absolute Gasteiger partial charge is 0.507 e. The molecule has 1 aromatic carbocycles. The zero-order chi connectivity index (χ0) is 17.6. The Hall–Kier alpha value is -1.84. The Morgan fingerprint density at radius 1 is 1.00 bits per heavy atom. The van der Waals surface area contributed by atoms with Crippen molar-refractivity contribution in [3.8, 4) is 5.75 Å². The lowest BCUT2D eigenvalue weighted by Crippen LogP contribution is -2.19. The van der Waals surface area contributed by atoms with Crippen molar-refractivity contribution in [1.82, 2.24) is 5.43 Å². The molecule has 4 heteroatoms. The summed E-state index contributed by atoms with van der Waals surface area (Å²) in [6, 6.07) is 7.06. The van der Waals surface area contributed by atoms with Crippen LogP contribution in [0.3, 0.4) is 0 Å². The molecule has 1 rings (SSSR count). The highest BCUT2D eigenvalue weighted by Gasteiger charge is 2.07. The van der Waals surface area contributed by atoms with Crippen molar-refractivity contribution in [3.05, 3.63) is 29.8 Å². The number of carbonyl (C=O) groups excluding carboxylic acids is 1. The molecule has 0 aliphatic carbocycles. The Labute approximate surface area is 146 Å². The van der Waals surface area contributed by atoms with Crippen LogP contribution in [0.2, 0.25) is 0 Å². The maximum Gasteiger partial charge on any atom is 0.240 e. The Balaban J connectivity index is 2.25. The Morgan fingerprint density at radius 3 is 2.25 bits per heavy atom. The fourth-order valence-electron chi connectivity index (χ4n) is 2.65. The number of unbranched alkanes of at least 4 members (excludes halogenated alkanes) is 7. The number of hydrazone groups is 1. The predicted molar refractivity (Wildman–Crippen MR) is 100 cm³/mol. The van der Waals surface area contributed by atoms with Gasteiger partial charge in [0.25, 0.3) is 0 Å². The van der Waals surface area contributed by atoms with Gasteiger partial charge in [0.1, 0.15) is 5.75 Å². The first-order valence-corrected chi connectivity index (χ1v) is 9.32. The van der Waals surface area contributed by atoms with E-state index >= 15 is 0 Å². The van der Waals surface area contributed by atoms with E-state index in [9.17, 15) is 9.90 Å². The number of phenolic OH excluding ortho intramolecular Hbond substituents is 1. The van der Waals surface area contributed by atoms with E-state index in [-0.39, 0.29) is 11.7 Å². The molecule has 0 atom stereocenters. The van der Waals surface area contributed by atoms with Gasteiger partial charge in [0.05, 0.1) is 5.71 Å². The molecular weight excluding hydrogens is 300 g/mol. The average molecular weight is 332 g/mol. The molecule has 1 amide bonds. The predicted octanol–water partition coefficient (Wildman–Crippen LogP) is 5.15. The molecule has 0 aliphatic heterocycles. The summed E-state index contributed by atoms with van der Waals surface area (Å²) in [6.07, 6.45) is 10.9. The minimum Gasteiger partial charge on any atom is -0.507 e. The summed E-state index contributed by atoms with van der Waals surface area (Å²) < 4.78 is 0. The molecule has 0 heterocycles. The van der Waals surface area contributed by atoms with Crippen LogP contribution in [0.15, 0.2) is 29.4 Å². The van der Waals surface area contributed by atoms with Gasteiger partial charge >= 0.3 is 0 Å². The van der Waals surface area contributed by atoms with Gasteiger partial charge in [-0.3, -0.25) is 4.79 Å². The highest BCUT2D eigenvalue weighted by atomic mass is 16.3. The third-order valence-corrected chi connectivity index (χ3v) is 4.12. The number of phenols is 1. The number of amides is 1. The fraction of sp³-hybridized carbons (Fsp3) is 0.600. The lowest BCUT2D eigenvalue weighted by molar-refractivity contribution is -0.121. The molecule has 2 N–H and O–H groups in total. The van der Waals surface area contributed by atoms with Crippen molar-refractivity contribution in [2.75, 3.05) is 0 Å². The number of para-hydroxylation sites is 1. The van der Waals surface area contributed by atoms with Crippen LogP contribution in [-0.4, -0.2) is 16.7 Å². The van der Waals surface area contributed by atoms with Gasteiger partial charge in [-0.2, -0.15) is 5.10 Å². The van der Waals surface area contributed by atoms with Crippen LogP contribution in [-0.2, 0) is 4.79 Å². The molecule has 1 aromatic rings. The summed E-state index contributed by atoms with van der Waals surface area (Å²) in [5.41, 5.74) is 3.98. The van der Waals surface area contributed by atoms with Crippen molar-refractivity contribution < 1.29 is 9.90 Å². The van der Waals surface area contributed by atoms with Gasteiger partial charge in [0.2, 0.25) is 5.91 Å². The molecule has 134 valence electrons. The summed E-state index contributed by atoms with van der Waals surface area (Å²) in [7, 11) is 0. The number of nitrogens with zero attached hydrogens (tertiary/aromatic N) is 1. The highest BCUT2D eigenvalue weighted by Crippen LogP contribution is 2.17. The van der Waals surface area contributed by atoms with Gasteiger partial charge in [-0.25, -0.2) is 5.43 Å². The van der Waals surface area contributed by atoms with Crippen LogP contribution in [0.5, 0.6) is 5.75 Å². The molecule has 0 saturated heterocycles. The molecular formula is C20H32N2O2. The number of nitrogens with one attached hydrogen (secondary N) is 1. The lowest BCUT2D eigenvalue weighted by atomic mass is 10.1. The molecule has 24 heavy (non-hydrogen) atoms. The SMILES string of the molecule is CCCCCCCCCCC(=O)NN=C(CC)c1ccccc1O. The lowest BCUT2D eigenvalue weighted by Gasteiger charge is -2.07. The fourth-order valence-corrected chi connectivity index (χ4v) is 2.65. The minimum atomic E-state index is -0.0534. The van der Waals surface area contributed by atoms with Crippen molar-refractivity contribution in [3.63, 3.8) is 0 Å². The molecule has 0 bridgehead atoms. The van der Waals surface area contributed by atoms with E-state index < -0.39 is 0 Å². The number of rotatable bonds is 12. The minimum absolute atomic E-state index is 0.0534. The zero-order valence-corrected chi connectivity index (χ0v) is 15.2. The molecule has 4 nitrogen and oxygen atoms in total. The number of hydrogen-bond acceptors (Lipinski definition) is 3. The van der Waals surface area contributed by atoms with Gasteiger partial charge in [-0.05, 0) is 25.0 Å². The molecule has 0 fully saturated rings. The first-order chi connectivity index (χ1) is 11.7. The normalized spacial score (nSPS) is 11.5. The Morgan fingerprint density at radius 2 is 1.62 bits per heavy atom. The highest BCUT2D eigenvalue weighted by molar-refractivity contribution is 6.03. The first-order valence-electron chi connectivity index (χ1n) is 9.32. The van der Waals surface area contributed by atoms with Crippen molar-refractivity contribution >= 4 is 11.6 Å². The molecule has 0 radical (unpaired) electrons. The second kappa shape index (κ2) is 12.6. The van der Waals surface area contributed by atoms with Crippen LogP contribution >= 0.6 is 0 Å². The molecule has 0 spiro atoms. The maximum absolute atomic E-state index is 11.9. The van der Waals surface area contributed by atoms with E-state index in [1.165, 1.54) is 38.5 Å². The second-order valence-electron chi connectivity index (χ2n) is 6.19. The Kier molecular flexibility index (Phi) is 10.6. The summed E-state index contributed by atoms with van der Waals surface area (Å²) in [5, 5.41) is 14.0.